The lowest BCUT2D eigenvalue weighted by molar-refractivity contribution is -0.138. The van der Waals surface area contributed by atoms with Gasteiger partial charge < -0.3 is 14.3 Å². The summed E-state index contributed by atoms with van der Waals surface area (Å²) in [6, 6.07) is 13.7. The number of hydrogen-bond acceptors (Lipinski definition) is 6. The highest BCUT2D eigenvalue weighted by Gasteiger charge is 2.50. The summed E-state index contributed by atoms with van der Waals surface area (Å²) in [6.07, 6.45) is 2.01. The molecule has 1 fully saturated rings. The number of fused-ring (bicyclic) bond motifs is 1. The Morgan fingerprint density at radius 2 is 1.65 bits per heavy atom. The van der Waals surface area contributed by atoms with E-state index < -0.39 is 23.3 Å². The van der Waals surface area contributed by atoms with Gasteiger partial charge in [0, 0.05) is 5.92 Å². The number of nitrogens with one attached hydrogen (secondary N) is 2. The number of imide groups is 2. The first kappa shape index (κ1) is 22.0. The molecule has 0 radical (unpaired) electrons. The van der Waals surface area contributed by atoms with Crippen LogP contribution in [0.15, 0.2) is 48.5 Å². The van der Waals surface area contributed by atoms with E-state index in [1.54, 1.807) is 37.3 Å². The molecular weight excluding hydrogens is 400 g/mol. The van der Waals surface area contributed by atoms with E-state index in [4.69, 9.17) is 9.47 Å². The Hall–Kier alpha value is -3.68. The van der Waals surface area contributed by atoms with Crippen LogP contribution in [0.3, 0.4) is 0 Å². The molecule has 4 amide bonds. The monoisotopic (exact) mass is 424 g/mol. The molecule has 162 valence electrons. The fourth-order valence-electron chi connectivity index (χ4n) is 3.55. The van der Waals surface area contributed by atoms with Crippen LogP contribution < -0.4 is 20.1 Å². The second kappa shape index (κ2) is 9.42. The zero-order valence-electron chi connectivity index (χ0n) is 17.3. The second-order valence-electron chi connectivity index (χ2n) is 7.37. The molecule has 31 heavy (non-hydrogen) atoms. The van der Waals surface area contributed by atoms with E-state index >= 15 is 0 Å². The van der Waals surface area contributed by atoms with Crippen molar-refractivity contribution in [3.05, 3.63) is 59.7 Å². The van der Waals surface area contributed by atoms with Crippen LogP contribution in [0.4, 0.5) is 4.79 Å². The first-order chi connectivity index (χ1) is 14.9. The molecule has 4 rings (SSSR count). The van der Waals surface area contributed by atoms with E-state index in [1.807, 2.05) is 25.1 Å². The van der Waals surface area contributed by atoms with Gasteiger partial charge in [0.1, 0.15) is 6.29 Å². The quantitative estimate of drug-likeness (QED) is 0.564. The number of carbonyl (C=O) groups excluding carboxylic acids is 4. The summed E-state index contributed by atoms with van der Waals surface area (Å²) >= 11 is 0. The van der Waals surface area contributed by atoms with Crippen molar-refractivity contribution in [1.29, 1.82) is 0 Å². The van der Waals surface area contributed by atoms with Gasteiger partial charge in [0.05, 0.1) is 0 Å². The van der Waals surface area contributed by atoms with Crippen molar-refractivity contribution in [3.8, 4) is 11.5 Å². The highest BCUT2D eigenvalue weighted by Crippen LogP contribution is 2.33. The fourth-order valence-corrected chi connectivity index (χ4v) is 3.55. The van der Waals surface area contributed by atoms with Crippen LogP contribution >= 0.6 is 0 Å². The average molecular weight is 424 g/mol. The minimum atomic E-state index is -1.31. The summed E-state index contributed by atoms with van der Waals surface area (Å²) in [5.41, 5.74) is 0.383. The highest BCUT2D eigenvalue weighted by atomic mass is 16.7. The molecule has 2 aromatic rings. The molecular formula is C23H24N2O6. The van der Waals surface area contributed by atoms with Crippen molar-refractivity contribution >= 4 is 24.1 Å². The molecule has 2 N–H and O–H groups in total. The Kier molecular flexibility index (Phi) is 6.69. The minimum Gasteiger partial charge on any atom is -0.454 e. The van der Waals surface area contributed by atoms with Crippen molar-refractivity contribution in [1.82, 2.24) is 10.6 Å². The number of hydrogen-bond donors (Lipinski definition) is 2. The predicted octanol–water partition coefficient (Wildman–Crippen LogP) is 2.49. The topological polar surface area (TPSA) is 111 Å². The Labute approximate surface area is 179 Å². The highest BCUT2D eigenvalue weighted by molar-refractivity contribution is 6.22. The number of urea groups is 1. The maximum Gasteiger partial charge on any atom is 0.328 e. The second-order valence-corrected chi connectivity index (χ2v) is 7.37. The number of aldehydes is 1. The fraction of sp³-hybridized carbons (Fsp3) is 0.304. The van der Waals surface area contributed by atoms with E-state index in [-0.39, 0.29) is 5.92 Å². The molecule has 1 saturated heterocycles. The first-order valence-corrected chi connectivity index (χ1v) is 9.97. The Balaban J connectivity index is 0.000000179. The van der Waals surface area contributed by atoms with Crippen LogP contribution in [0.5, 0.6) is 11.5 Å². The first-order valence-electron chi connectivity index (χ1n) is 9.97. The molecule has 8 nitrogen and oxygen atoms in total. The van der Waals surface area contributed by atoms with E-state index in [0.29, 0.717) is 18.8 Å². The van der Waals surface area contributed by atoms with Crippen molar-refractivity contribution in [2.75, 3.05) is 6.79 Å². The standard InChI is InChI=1S/C12H12N2O3.C11H12O3/c1-2-12(8-6-4-3-5-7-8)9(15)13-11(17)14-10(12)16;1-8(6-12)4-9-2-3-10-11(5-9)14-7-13-10/h3-7H,2H2,1H3,(H2,13,14,15,16,17);2-3,5-6,8H,4,7H2,1H3. The van der Waals surface area contributed by atoms with Gasteiger partial charge in [0.25, 0.3) is 0 Å². The van der Waals surface area contributed by atoms with Crippen LogP contribution in [-0.4, -0.2) is 30.9 Å². The van der Waals surface area contributed by atoms with E-state index in [2.05, 4.69) is 10.6 Å². The smallest absolute Gasteiger partial charge is 0.328 e. The molecule has 0 aromatic heterocycles. The molecule has 2 heterocycles. The van der Waals surface area contributed by atoms with Gasteiger partial charge in [-0.25, -0.2) is 4.79 Å². The van der Waals surface area contributed by atoms with Gasteiger partial charge in [-0.15, -0.1) is 0 Å². The van der Waals surface area contributed by atoms with Gasteiger partial charge >= 0.3 is 6.03 Å². The summed E-state index contributed by atoms with van der Waals surface area (Å²) in [6.45, 7) is 3.93. The Morgan fingerprint density at radius 1 is 1.00 bits per heavy atom. The van der Waals surface area contributed by atoms with Gasteiger partial charge in [-0.05, 0) is 36.1 Å². The van der Waals surface area contributed by atoms with Crippen LogP contribution in [0.1, 0.15) is 31.4 Å². The van der Waals surface area contributed by atoms with E-state index in [1.165, 1.54) is 0 Å². The summed E-state index contributed by atoms with van der Waals surface area (Å²) in [4.78, 5) is 45.5. The summed E-state index contributed by atoms with van der Waals surface area (Å²) in [5.74, 6) is 0.475. The molecule has 8 heteroatoms. The van der Waals surface area contributed by atoms with Crippen molar-refractivity contribution in [3.63, 3.8) is 0 Å². The average Bonchev–Trinajstić information content (AvgIpc) is 3.23. The minimum absolute atomic E-state index is 0.0513. The molecule has 2 aliphatic rings. The van der Waals surface area contributed by atoms with Crippen LogP contribution in [0.25, 0.3) is 0 Å². The van der Waals surface area contributed by atoms with Gasteiger partial charge in [-0.3, -0.25) is 20.2 Å². The summed E-state index contributed by atoms with van der Waals surface area (Å²) < 4.78 is 10.4. The number of rotatable bonds is 5. The number of amides is 4. The number of benzene rings is 2. The number of carbonyl (C=O) groups is 4. The predicted molar refractivity (Wildman–Crippen MR) is 112 cm³/mol. The van der Waals surface area contributed by atoms with Gasteiger partial charge in [0.2, 0.25) is 18.6 Å². The lowest BCUT2D eigenvalue weighted by Gasteiger charge is -2.33. The summed E-state index contributed by atoms with van der Waals surface area (Å²) in [7, 11) is 0. The van der Waals surface area contributed by atoms with Crippen LogP contribution in [-0.2, 0) is 26.2 Å². The Bertz CT molecular complexity index is 969. The lowest BCUT2D eigenvalue weighted by Crippen LogP contribution is -2.64. The third-order valence-corrected chi connectivity index (χ3v) is 5.25. The maximum absolute atomic E-state index is 12.0. The normalized spacial score (nSPS) is 17.0. The molecule has 1 atom stereocenters. The SMILES string of the molecule is CC(C=O)Cc1ccc2c(c1)OCO2.CCC1(c2ccccc2)C(=O)NC(=O)NC1=O. The van der Waals surface area contributed by atoms with Gasteiger partial charge in [-0.1, -0.05) is 50.2 Å². The third kappa shape index (κ3) is 4.58. The Morgan fingerprint density at radius 3 is 2.26 bits per heavy atom. The maximum atomic E-state index is 12.0. The third-order valence-electron chi connectivity index (χ3n) is 5.25. The molecule has 0 spiro atoms. The zero-order chi connectivity index (χ0) is 22.4. The molecule has 0 aliphatic carbocycles. The van der Waals surface area contributed by atoms with Crippen molar-refractivity contribution < 1.29 is 28.7 Å². The van der Waals surface area contributed by atoms with Crippen LogP contribution in [0, 0.1) is 5.92 Å². The molecule has 2 aromatic carbocycles. The molecule has 0 saturated carbocycles. The van der Waals surface area contributed by atoms with Crippen molar-refractivity contribution in [2.24, 2.45) is 5.92 Å². The van der Waals surface area contributed by atoms with Gasteiger partial charge in [-0.2, -0.15) is 0 Å². The zero-order valence-corrected chi connectivity index (χ0v) is 17.3. The lowest BCUT2D eigenvalue weighted by atomic mass is 9.75. The van der Waals surface area contributed by atoms with E-state index in [0.717, 1.165) is 29.8 Å². The van der Waals surface area contributed by atoms with E-state index in [9.17, 15) is 19.2 Å². The molecule has 1 unspecified atom stereocenters. The molecule has 0 bridgehead atoms. The number of ether oxygens (including phenoxy) is 2. The largest absolute Gasteiger partial charge is 0.454 e. The van der Waals surface area contributed by atoms with Gasteiger partial charge in [0.15, 0.2) is 16.9 Å². The summed E-state index contributed by atoms with van der Waals surface area (Å²) in [5, 5.41) is 4.28. The van der Waals surface area contributed by atoms with Crippen molar-refractivity contribution in [2.45, 2.75) is 32.1 Å². The van der Waals surface area contributed by atoms with Crippen LogP contribution in [0.2, 0.25) is 0 Å². The molecule has 2 aliphatic heterocycles. The number of barbiturate groups is 1.